The summed E-state index contributed by atoms with van der Waals surface area (Å²) in [6, 6.07) is 0. The molecule has 18 heavy (non-hydrogen) atoms. The number of amides is 1. The van der Waals surface area contributed by atoms with E-state index in [1.54, 1.807) is 4.90 Å². The molecule has 0 spiro atoms. The van der Waals surface area contributed by atoms with Gasteiger partial charge in [-0.3, -0.25) is 9.59 Å². The molecular weight excluding hydrogens is 232 g/mol. The van der Waals surface area contributed by atoms with Crippen LogP contribution in [0.1, 0.15) is 39.0 Å². The summed E-state index contributed by atoms with van der Waals surface area (Å²) in [7, 11) is 0. The predicted molar refractivity (Wildman–Crippen MR) is 67.2 cm³/mol. The van der Waals surface area contributed by atoms with Crippen LogP contribution in [-0.4, -0.2) is 47.1 Å². The van der Waals surface area contributed by atoms with Crippen LogP contribution in [-0.2, 0) is 9.59 Å². The molecule has 1 saturated carbocycles. The topological polar surface area (TPSA) is 69.6 Å². The van der Waals surface area contributed by atoms with E-state index in [2.05, 4.69) is 5.32 Å². The van der Waals surface area contributed by atoms with Gasteiger partial charge in [-0.1, -0.05) is 6.92 Å². The van der Waals surface area contributed by atoms with E-state index in [0.717, 1.165) is 38.6 Å². The van der Waals surface area contributed by atoms with E-state index in [-0.39, 0.29) is 12.5 Å². The van der Waals surface area contributed by atoms with Gasteiger partial charge in [-0.25, -0.2) is 0 Å². The number of carbonyl (C=O) groups excluding carboxylic acids is 1. The maximum atomic E-state index is 12.6. The normalized spacial score (nSPS) is 27.2. The molecule has 2 rings (SSSR count). The average molecular weight is 254 g/mol. The first kappa shape index (κ1) is 13.3. The minimum absolute atomic E-state index is 0.0169. The SMILES string of the molecule is CCC1(C(=O)N(CC(=O)O)CC2CC2)CCCN1. The zero-order chi connectivity index (χ0) is 13.2. The number of carbonyl (C=O) groups is 2. The lowest BCUT2D eigenvalue weighted by molar-refractivity contribution is -0.147. The molecule has 2 fully saturated rings. The molecule has 102 valence electrons. The molecule has 1 amide bonds. The van der Waals surface area contributed by atoms with Crippen LogP contribution in [0.2, 0.25) is 0 Å². The van der Waals surface area contributed by atoms with Crippen molar-refractivity contribution in [2.45, 2.75) is 44.6 Å². The molecule has 5 heteroatoms. The molecule has 2 aliphatic rings. The zero-order valence-electron chi connectivity index (χ0n) is 10.9. The van der Waals surface area contributed by atoms with Crippen LogP contribution in [0.4, 0.5) is 0 Å². The molecule has 0 aromatic carbocycles. The smallest absolute Gasteiger partial charge is 0.323 e. The van der Waals surface area contributed by atoms with E-state index < -0.39 is 11.5 Å². The largest absolute Gasteiger partial charge is 0.480 e. The summed E-state index contributed by atoms with van der Waals surface area (Å²) >= 11 is 0. The first-order valence-electron chi connectivity index (χ1n) is 6.83. The zero-order valence-corrected chi connectivity index (χ0v) is 10.9. The van der Waals surface area contributed by atoms with Crippen molar-refractivity contribution in [2.24, 2.45) is 5.92 Å². The Bertz CT molecular complexity index is 333. The molecule has 0 bridgehead atoms. The summed E-state index contributed by atoms with van der Waals surface area (Å²) in [6.07, 6.45) is 4.78. The number of rotatable bonds is 6. The van der Waals surface area contributed by atoms with Gasteiger partial charge in [0.1, 0.15) is 6.54 Å². The Kier molecular flexibility index (Phi) is 3.90. The van der Waals surface area contributed by atoms with Crippen molar-refractivity contribution in [1.29, 1.82) is 0 Å². The third-order valence-corrected chi connectivity index (χ3v) is 4.05. The summed E-state index contributed by atoms with van der Waals surface area (Å²) in [5, 5.41) is 12.2. The van der Waals surface area contributed by atoms with Crippen molar-refractivity contribution in [1.82, 2.24) is 10.2 Å². The van der Waals surface area contributed by atoms with Gasteiger partial charge in [0.05, 0.1) is 5.54 Å². The van der Waals surface area contributed by atoms with Crippen LogP contribution in [0.15, 0.2) is 0 Å². The lowest BCUT2D eigenvalue weighted by Gasteiger charge is -2.33. The Balaban J connectivity index is 2.07. The van der Waals surface area contributed by atoms with Crippen LogP contribution in [0.25, 0.3) is 0 Å². The molecule has 1 heterocycles. The number of carboxylic acids is 1. The van der Waals surface area contributed by atoms with Gasteiger partial charge < -0.3 is 15.3 Å². The van der Waals surface area contributed by atoms with Crippen molar-refractivity contribution < 1.29 is 14.7 Å². The molecular formula is C13H22N2O3. The van der Waals surface area contributed by atoms with Gasteiger partial charge in [-0.2, -0.15) is 0 Å². The first-order valence-corrected chi connectivity index (χ1v) is 6.83. The van der Waals surface area contributed by atoms with E-state index in [0.29, 0.717) is 12.5 Å². The molecule has 1 aliphatic heterocycles. The summed E-state index contributed by atoms with van der Waals surface area (Å²) in [5.41, 5.74) is -0.510. The number of nitrogens with zero attached hydrogens (tertiary/aromatic N) is 1. The fourth-order valence-corrected chi connectivity index (χ4v) is 2.74. The van der Waals surface area contributed by atoms with Gasteiger partial charge in [-0.15, -0.1) is 0 Å². The fourth-order valence-electron chi connectivity index (χ4n) is 2.74. The lowest BCUT2D eigenvalue weighted by atomic mass is 9.92. The van der Waals surface area contributed by atoms with Gasteiger partial charge in [0.25, 0.3) is 0 Å². The standard InChI is InChI=1S/C13H22N2O3/c1-2-13(6-3-7-14-13)12(18)15(9-11(16)17)8-10-4-5-10/h10,14H,2-9H2,1H3,(H,16,17). The Morgan fingerprint density at radius 1 is 1.44 bits per heavy atom. The van der Waals surface area contributed by atoms with Crippen molar-refractivity contribution in [3.8, 4) is 0 Å². The van der Waals surface area contributed by atoms with E-state index in [9.17, 15) is 9.59 Å². The maximum absolute atomic E-state index is 12.6. The van der Waals surface area contributed by atoms with Crippen molar-refractivity contribution >= 4 is 11.9 Å². The summed E-state index contributed by atoms with van der Waals surface area (Å²) in [6.45, 7) is 3.28. The van der Waals surface area contributed by atoms with Gasteiger partial charge >= 0.3 is 5.97 Å². The third kappa shape index (κ3) is 2.83. The molecule has 1 saturated heterocycles. The lowest BCUT2D eigenvalue weighted by Crippen LogP contribution is -2.56. The Hall–Kier alpha value is -1.10. The van der Waals surface area contributed by atoms with Crippen molar-refractivity contribution in [3.63, 3.8) is 0 Å². The molecule has 2 N–H and O–H groups in total. The molecule has 0 aromatic rings. The van der Waals surface area contributed by atoms with E-state index in [1.807, 2.05) is 6.92 Å². The first-order chi connectivity index (χ1) is 8.57. The van der Waals surface area contributed by atoms with Gasteiger partial charge in [0.15, 0.2) is 0 Å². The second-order valence-electron chi connectivity index (χ2n) is 5.49. The van der Waals surface area contributed by atoms with E-state index in [1.165, 1.54) is 0 Å². The van der Waals surface area contributed by atoms with Crippen molar-refractivity contribution in [2.75, 3.05) is 19.6 Å². The summed E-state index contributed by atoms with van der Waals surface area (Å²) in [5.74, 6) is -0.423. The number of aliphatic carboxylic acids is 1. The molecule has 5 nitrogen and oxygen atoms in total. The summed E-state index contributed by atoms with van der Waals surface area (Å²) in [4.78, 5) is 25.1. The van der Waals surface area contributed by atoms with Gasteiger partial charge in [0.2, 0.25) is 5.91 Å². The Morgan fingerprint density at radius 2 is 2.17 bits per heavy atom. The number of nitrogens with one attached hydrogen (secondary N) is 1. The maximum Gasteiger partial charge on any atom is 0.323 e. The number of hydrogen-bond donors (Lipinski definition) is 2. The highest BCUT2D eigenvalue weighted by atomic mass is 16.4. The van der Waals surface area contributed by atoms with E-state index in [4.69, 9.17) is 5.11 Å². The number of carboxylic acid groups (broad SMARTS) is 1. The highest BCUT2D eigenvalue weighted by molar-refractivity contribution is 5.89. The van der Waals surface area contributed by atoms with Crippen LogP contribution >= 0.6 is 0 Å². The minimum Gasteiger partial charge on any atom is -0.480 e. The fraction of sp³-hybridized carbons (Fsp3) is 0.846. The molecule has 0 aromatic heterocycles. The third-order valence-electron chi connectivity index (χ3n) is 4.05. The van der Waals surface area contributed by atoms with Crippen LogP contribution in [0.3, 0.4) is 0 Å². The molecule has 0 radical (unpaired) electrons. The van der Waals surface area contributed by atoms with Crippen LogP contribution in [0.5, 0.6) is 0 Å². The quantitative estimate of drug-likeness (QED) is 0.737. The van der Waals surface area contributed by atoms with Crippen LogP contribution < -0.4 is 5.32 Å². The second kappa shape index (κ2) is 5.26. The van der Waals surface area contributed by atoms with E-state index >= 15 is 0 Å². The highest BCUT2D eigenvalue weighted by Gasteiger charge is 2.43. The average Bonchev–Trinajstić information content (AvgIpc) is 3.02. The Morgan fingerprint density at radius 3 is 2.61 bits per heavy atom. The number of hydrogen-bond acceptors (Lipinski definition) is 3. The highest BCUT2D eigenvalue weighted by Crippen LogP contribution is 2.32. The molecule has 1 atom stereocenters. The molecule has 1 unspecified atom stereocenters. The van der Waals surface area contributed by atoms with Gasteiger partial charge in [0, 0.05) is 6.54 Å². The van der Waals surface area contributed by atoms with Crippen LogP contribution in [0, 0.1) is 5.92 Å². The Labute approximate surface area is 108 Å². The van der Waals surface area contributed by atoms with Gasteiger partial charge in [-0.05, 0) is 44.6 Å². The monoisotopic (exact) mass is 254 g/mol. The second-order valence-corrected chi connectivity index (χ2v) is 5.49. The van der Waals surface area contributed by atoms with Crippen molar-refractivity contribution in [3.05, 3.63) is 0 Å². The predicted octanol–water partition coefficient (Wildman–Crippen LogP) is 0.842. The summed E-state index contributed by atoms with van der Waals surface area (Å²) < 4.78 is 0. The molecule has 1 aliphatic carbocycles. The minimum atomic E-state index is -0.923.